The van der Waals surface area contributed by atoms with Crippen LogP contribution in [0.15, 0.2) is 29.4 Å². The molecule has 8 heteroatoms. The molecule has 1 N–H and O–H groups in total. The van der Waals surface area contributed by atoms with Gasteiger partial charge >= 0.3 is 0 Å². The van der Waals surface area contributed by atoms with Gasteiger partial charge in [0.05, 0.1) is 6.54 Å². The van der Waals surface area contributed by atoms with E-state index in [9.17, 15) is 9.59 Å². The molecule has 1 fully saturated rings. The highest BCUT2D eigenvalue weighted by molar-refractivity contribution is 7.98. The van der Waals surface area contributed by atoms with Crippen LogP contribution >= 0.6 is 11.8 Å². The molecular weight excluding hydrogens is 362 g/mol. The van der Waals surface area contributed by atoms with E-state index in [1.54, 1.807) is 36.0 Å². The van der Waals surface area contributed by atoms with Gasteiger partial charge in [0.1, 0.15) is 5.82 Å². The van der Waals surface area contributed by atoms with E-state index in [1.807, 2.05) is 13.3 Å². The number of rotatable bonds is 6. The Labute approximate surface area is 163 Å². The number of anilines is 1. The summed E-state index contributed by atoms with van der Waals surface area (Å²) < 4.78 is 2.05. The predicted octanol–water partition coefficient (Wildman–Crippen LogP) is 2.56. The van der Waals surface area contributed by atoms with Crippen molar-refractivity contribution in [3.63, 3.8) is 0 Å². The molecular formula is C19H25N5O2S. The number of likely N-dealkylation sites (tertiary alicyclic amines) is 1. The van der Waals surface area contributed by atoms with E-state index in [2.05, 4.69) is 25.0 Å². The average molecular weight is 388 g/mol. The third-order valence-corrected chi connectivity index (χ3v) is 5.58. The average Bonchev–Trinajstić information content (AvgIpc) is 3.03. The SMILES string of the molecule is CSc1nnc([C@@H]2CCCN(CC(=O)Nc3ccc(C(C)=O)cc3)C2)n1C. The molecule has 1 aliphatic heterocycles. The lowest BCUT2D eigenvalue weighted by Gasteiger charge is -2.31. The maximum atomic E-state index is 12.4. The van der Waals surface area contributed by atoms with Crippen LogP contribution in [0.2, 0.25) is 0 Å². The molecule has 1 amide bonds. The Morgan fingerprint density at radius 2 is 2.00 bits per heavy atom. The zero-order valence-corrected chi connectivity index (χ0v) is 16.8. The number of benzene rings is 1. The van der Waals surface area contributed by atoms with Crippen LogP contribution in [0.25, 0.3) is 0 Å². The van der Waals surface area contributed by atoms with Gasteiger partial charge in [-0.1, -0.05) is 11.8 Å². The third kappa shape index (κ3) is 4.75. The Bertz CT molecular complexity index is 818. The van der Waals surface area contributed by atoms with Gasteiger partial charge in [0.25, 0.3) is 0 Å². The molecule has 1 aromatic heterocycles. The fourth-order valence-corrected chi connectivity index (χ4v) is 3.95. The smallest absolute Gasteiger partial charge is 0.238 e. The van der Waals surface area contributed by atoms with Gasteiger partial charge in [0, 0.05) is 30.8 Å². The van der Waals surface area contributed by atoms with Crippen molar-refractivity contribution >= 4 is 29.1 Å². The summed E-state index contributed by atoms with van der Waals surface area (Å²) in [6.45, 7) is 3.58. The lowest BCUT2D eigenvalue weighted by atomic mass is 9.97. The summed E-state index contributed by atoms with van der Waals surface area (Å²) in [5.41, 5.74) is 1.34. The molecule has 1 aliphatic rings. The number of amides is 1. The standard InChI is InChI=1S/C19H25N5O2S/c1-13(25)14-6-8-16(9-7-14)20-17(26)12-24-10-4-5-15(11-24)18-21-22-19(27-3)23(18)2/h6-9,15H,4-5,10-12H2,1-3H3,(H,20,26)/t15-/m1/s1. The van der Waals surface area contributed by atoms with Gasteiger partial charge in [-0.3, -0.25) is 14.5 Å². The number of carbonyl (C=O) groups is 2. The van der Waals surface area contributed by atoms with Crippen molar-refractivity contribution < 1.29 is 9.59 Å². The lowest BCUT2D eigenvalue weighted by molar-refractivity contribution is -0.117. The van der Waals surface area contributed by atoms with Crippen molar-refractivity contribution in [1.82, 2.24) is 19.7 Å². The molecule has 2 heterocycles. The van der Waals surface area contributed by atoms with Crippen LogP contribution in [0.1, 0.15) is 41.9 Å². The molecule has 1 aromatic carbocycles. The monoisotopic (exact) mass is 387 g/mol. The first-order chi connectivity index (χ1) is 13.0. The van der Waals surface area contributed by atoms with Crippen molar-refractivity contribution in [2.75, 3.05) is 31.2 Å². The van der Waals surface area contributed by atoms with Gasteiger partial charge in [-0.2, -0.15) is 0 Å². The molecule has 0 saturated carbocycles. The quantitative estimate of drug-likeness (QED) is 0.606. The summed E-state index contributed by atoms with van der Waals surface area (Å²) in [4.78, 5) is 25.9. The van der Waals surface area contributed by atoms with Gasteiger partial charge in [-0.05, 0) is 56.8 Å². The van der Waals surface area contributed by atoms with E-state index in [-0.39, 0.29) is 11.7 Å². The number of ketones is 1. The summed E-state index contributed by atoms with van der Waals surface area (Å²) in [6, 6.07) is 6.98. The number of hydrogen-bond donors (Lipinski definition) is 1. The van der Waals surface area contributed by atoms with E-state index in [0.717, 1.165) is 36.9 Å². The molecule has 1 saturated heterocycles. The summed E-state index contributed by atoms with van der Waals surface area (Å²) >= 11 is 1.59. The molecule has 27 heavy (non-hydrogen) atoms. The highest BCUT2D eigenvalue weighted by Crippen LogP contribution is 2.27. The largest absolute Gasteiger partial charge is 0.325 e. The second kappa shape index (κ2) is 8.67. The summed E-state index contributed by atoms with van der Waals surface area (Å²) in [7, 11) is 2.00. The normalized spacial score (nSPS) is 17.7. The lowest BCUT2D eigenvalue weighted by Crippen LogP contribution is -2.40. The second-order valence-corrected chi connectivity index (χ2v) is 7.63. The van der Waals surface area contributed by atoms with E-state index in [0.29, 0.717) is 23.7 Å². The van der Waals surface area contributed by atoms with Crippen molar-refractivity contribution in [1.29, 1.82) is 0 Å². The molecule has 2 aromatic rings. The third-order valence-electron chi connectivity index (χ3n) is 4.86. The number of thioether (sulfide) groups is 1. The number of Topliss-reactive ketones (excluding diaryl/α,β-unsaturated/α-hetero) is 1. The van der Waals surface area contributed by atoms with Gasteiger partial charge in [0.15, 0.2) is 10.9 Å². The first-order valence-electron chi connectivity index (χ1n) is 9.04. The fraction of sp³-hybridized carbons (Fsp3) is 0.474. The molecule has 0 aliphatic carbocycles. The number of nitrogens with zero attached hydrogens (tertiary/aromatic N) is 4. The number of nitrogens with one attached hydrogen (secondary N) is 1. The van der Waals surface area contributed by atoms with E-state index in [4.69, 9.17) is 0 Å². The van der Waals surface area contributed by atoms with Crippen LogP contribution in [-0.4, -0.2) is 57.2 Å². The Balaban J connectivity index is 1.57. The summed E-state index contributed by atoms with van der Waals surface area (Å²) in [5, 5.41) is 12.4. The van der Waals surface area contributed by atoms with Gasteiger partial charge in [-0.15, -0.1) is 10.2 Å². The molecule has 1 atom stereocenters. The number of piperidine rings is 1. The Kier molecular flexibility index (Phi) is 6.28. The van der Waals surface area contributed by atoms with Gasteiger partial charge in [0.2, 0.25) is 5.91 Å². The molecule has 0 spiro atoms. The van der Waals surface area contributed by atoms with E-state index >= 15 is 0 Å². The first kappa shape index (κ1) is 19.6. The van der Waals surface area contributed by atoms with Crippen LogP contribution in [0.3, 0.4) is 0 Å². The topological polar surface area (TPSA) is 80.1 Å². The van der Waals surface area contributed by atoms with Crippen LogP contribution < -0.4 is 5.32 Å². The Morgan fingerprint density at radius 3 is 2.63 bits per heavy atom. The van der Waals surface area contributed by atoms with Gasteiger partial charge < -0.3 is 9.88 Å². The highest BCUT2D eigenvalue weighted by atomic mass is 32.2. The molecule has 0 unspecified atom stereocenters. The Morgan fingerprint density at radius 1 is 1.26 bits per heavy atom. The van der Waals surface area contributed by atoms with Crippen LogP contribution in [0, 0.1) is 0 Å². The van der Waals surface area contributed by atoms with Gasteiger partial charge in [-0.25, -0.2) is 0 Å². The molecule has 0 bridgehead atoms. The van der Waals surface area contributed by atoms with Crippen molar-refractivity contribution in [2.24, 2.45) is 7.05 Å². The maximum Gasteiger partial charge on any atom is 0.238 e. The van der Waals surface area contributed by atoms with Crippen molar-refractivity contribution in [2.45, 2.75) is 30.8 Å². The van der Waals surface area contributed by atoms with Crippen molar-refractivity contribution in [3.05, 3.63) is 35.7 Å². The summed E-state index contributed by atoms with van der Waals surface area (Å²) in [5.74, 6) is 1.25. The second-order valence-electron chi connectivity index (χ2n) is 6.86. The molecule has 0 radical (unpaired) electrons. The first-order valence-corrected chi connectivity index (χ1v) is 10.3. The van der Waals surface area contributed by atoms with Crippen LogP contribution in [0.4, 0.5) is 5.69 Å². The molecule has 144 valence electrons. The minimum absolute atomic E-state index is 0.0145. The van der Waals surface area contributed by atoms with Crippen LogP contribution in [0.5, 0.6) is 0 Å². The minimum atomic E-state index is -0.0472. The molecule has 7 nitrogen and oxygen atoms in total. The maximum absolute atomic E-state index is 12.4. The van der Waals surface area contributed by atoms with Crippen molar-refractivity contribution in [3.8, 4) is 0 Å². The zero-order chi connectivity index (χ0) is 19.4. The number of carbonyl (C=O) groups excluding carboxylic acids is 2. The summed E-state index contributed by atoms with van der Waals surface area (Å²) in [6.07, 6.45) is 4.09. The highest BCUT2D eigenvalue weighted by Gasteiger charge is 2.26. The van der Waals surface area contributed by atoms with E-state index in [1.165, 1.54) is 6.92 Å². The number of hydrogen-bond acceptors (Lipinski definition) is 6. The predicted molar refractivity (Wildman–Crippen MR) is 106 cm³/mol. The van der Waals surface area contributed by atoms with Crippen LogP contribution in [-0.2, 0) is 11.8 Å². The minimum Gasteiger partial charge on any atom is -0.325 e. The number of aromatic nitrogens is 3. The van der Waals surface area contributed by atoms with E-state index < -0.39 is 0 Å². The molecule has 3 rings (SSSR count). The Hall–Kier alpha value is -2.19. The fourth-order valence-electron chi connectivity index (χ4n) is 3.46. The zero-order valence-electron chi connectivity index (χ0n) is 15.9.